The van der Waals surface area contributed by atoms with Gasteiger partial charge in [-0.2, -0.15) is 0 Å². The van der Waals surface area contributed by atoms with Crippen LogP contribution in [0.15, 0.2) is 16.6 Å². The van der Waals surface area contributed by atoms with Gasteiger partial charge in [0.05, 0.1) is 14.2 Å². The van der Waals surface area contributed by atoms with Crippen LogP contribution < -0.4 is 9.47 Å². The van der Waals surface area contributed by atoms with Crippen LogP contribution in [0.5, 0.6) is 11.5 Å². The maximum atomic E-state index is 5.30. The minimum atomic E-state index is 0.694. The lowest BCUT2D eigenvalue weighted by atomic mass is 9.80. The molecule has 0 spiro atoms. The Bertz CT molecular complexity index is 359. The van der Waals surface area contributed by atoms with E-state index in [1.54, 1.807) is 14.2 Å². The van der Waals surface area contributed by atoms with Crippen LogP contribution in [-0.4, -0.2) is 14.2 Å². The molecule has 3 heteroatoms. The molecule has 1 aromatic rings. The van der Waals surface area contributed by atoms with Crippen molar-refractivity contribution >= 4 is 15.9 Å². The van der Waals surface area contributed by atoms with Crippen molar-refractivity contribution in [3.8, 4) is 11.5 Å². The lowest BCUT2D eigenvalue weighted by molar-refractivity contribution is 0.351. The van der Waals surface area contributed by atoms with Crippen molar-refractivity contribution in [2.45, 2.75) is 25.2 Å². The highest BCUT2D eigenvalue weighted by Crippen LogP contribution is 2.43. The third-order valence-electron chi connectivity index (χ3n) is 3.05. The first kappa shape index (κ1) is 10.8. The van der Waals surface area contributed by atoms with Crippen molar-refractivity contribution in [2.75, 3.05) is 14.2 Å². The zero-order chi connectivity index (χ0) is 10.8. The van der Waals surface area contributed by atoms with Crippen LogP contribution in [-0.2, 0) is 0 Å². The van der Waals surface area contributed by atoms with E-state index in [0.717, 1.165) is 16.0 Å². The molecule has 0 N–H and O–H groups in total. The summed E-state index contributed by atoms with van der Waals surface area (Å²) in [6.45, 7) is 0. The van der Waals surface area contributed by atoms with Gasteiger partial charge in [0.15, 0.2) is 11.5 Å². The Balaban J connectivity index is 2.38. The van der Waals surface area contributed by atoms with Gasteiger partial charge in [-0.25, -0.2) is 0 Å². The van der Waals surface area contributed by atoms with Crippen molar-refractivity contribution < 1.29 is 9.47 Å². The highest BCUT2D eigenvalue weighted by Gasteiger charge is 2.23. The van der Waals surface area contributed by atoms with Crippen molar-refractivity contribution in [2.24, 2.45) is 0 Å². The number of hydrogen-bond donors (Lipinski definition) is 0. The second kappa shape index (κ2) is 4.44. The number of hydrogen-bond acceptors (Lipinski definition) is 2. The molecular formula is C12H15BrO2. The Kier molecular flexibility index (Phi) is 3.19. The Hall–Kier alpha value is -0.700. The fraction of sp³-hybridized carbons (Fsp3) is 0.500. The molecule has 0 unspecified atom stereocenters. The third-order valence-corrected chi connectivity index (χ3v) is 3.73. The molecule has 0 heterocycles. The summed E-state index contributed by atoms with van der Waals surface area (Å²) >= 11 is 3.59. The summed E-state index contributed by atoms with van der Waals surface area (Å²) in [5, 5.41) is 0. The van der Waals surface area contributed by atoms with Gasteiger partial charge in [-0.05, 0) is 36.5 Å². The van der Waals surface area contributed by atoms with E-state index in [2.05, 4.69) is 22.0 Å². The van der Waals surface area contributed by atoms with E-state index >= 15 is 0 Å². The largest absolute Gasteiger partial charge is 0.493 e. The molecule has 1 aliphatic carbocycles. The predicted octanol–water partition coefficient (Wildman–Crippen LogP) is 3.73. The SMILES string of the molecule is COc1cc(Br)c(C2CCC2)cc1OC. The maximum Gasteiger partial charge on any atom is 0.161 e. The van der Waals surface area contributed by atoms with Crippen molar-refractivity contribution in [1.29, 1.82) is 0 Å². The second-order valence-electron chi connectivity index (χ2n) is 3.86. The monoisotopic (exact) mass is 270 g/mol. The first-order chi connectivity index (χ1) is 7.26. The van der Waals surface area contributed by atoms with E-state index in [-0.39, 0.29) is 0 Å². The van der Waals surface area contributed by atoms with Crippen molar-refractivity contribution in [3.63, 3.8) is 0 Å². The van der Waals surface area contributed by atoms with E-state index < -0.39 is 0 Å². The first-order valence-corrected chi connectivity index (χ1v) is 5.97. The molecule has 1 aliphatic rings. The topological polar surface area (TPSA) is 18.5 Å². The van der Waals surface area contributed by atoms with Gasteiger partial charge in [-0.15, -0.1) is 0 Å². The summed E-state index contributed by atoms with van der Waals surface area (Å²) in [6.07, 6.45) is 3.91. The highest BCUT2D eigenvalue weighted by atomic mass is 79.9. The molecule has 0 aromatic heterocycles. The molecule has 15 heavy (non-hydrogen) atoms. The van der Waals surface area contributed by atoms with Gasteiger partial charge in [0.25, 0.3) is 0 Å². The molecule has 0 atom stereocenters. The average Bonchev–Trinajstić information content (AvgIpc) is 2.17. The predicted molar refractivity (Wildman–Crippen MR) is 63.8 cm³/mol. The van der Waals surface area contributed by atoms with Crippen LogP contribution >= 0.6 is 15.9 Å². The van der Waals surface area contributed by atoms with Crippen molar-refractivity contribution in [1.82, 2.24) is 0 Å². The normalized spacial score (nSPS) is 15.9. The Morgan fingerprint density at radius 2 is 1.73 bits per heavy atom. The standard InChI is InChI=1S/C12H15BrO2/c1-14-11-6-9(8-4-3-5-8)10(13)7-12(11)15-2/h6-8H,3-5H2,1-2H3. The summed E-state index contributed by atoms with van der Waals surface area (Å²) in [5.41, 5.74) is 1.35. The van der Waals surface area contributed by atoms with E-state index in [0.29, 0.717) is 5.92 Å². The van der Waals surface area contributed by atoms with Gasteiger partial charge >= 0.3 is 0 Å². The summed E-state index contributed by atoms with van der Waals surface area (Å²) in [6, 6.07) is 4.08. The van der Waals surface area contributed by atoms with Crippen LogP contribution in [0.1, 0.15) is 30.7 Å². The molecular weight excluding hydrogens is 256 g/mol. The number of halogens is 1. The van der Waals surface area contributed by atoms with E-state index in [9.17, 15) is 0 Å². The van der Waals surface area contributed by atoms with E-state index in [1.807, 2.05) is 6.07 Å². The molecule has 1 aromatic carbocycles. The highest BCUT2D eigenvalue weighted by molar-refractivity contribution is 9.10. The summed E-state index contributed by atoms with van der Waals surface area (Å²) in [7, 11) is 3.34. The second-order valence-corrected chi connectivity index (χ2v) is 4.71. The molecule has 0 saturated heterocycles. The first-order valence-electron chi connectivity index (χ1n) is 5.17. The Labute approximate surface area is 98.7 Å². The van der Waals surface area contributed by atoms with Gasteiger partial charge in [-0.3, -0.25) is 0 Å². The quantitative estimate of drug-likeness (QED) is 0.833. The van der Waals surface area contributed by atoms with Crippen LogP contribution in [0.4, 0.5) is 0 Å². The summed E-state index contributed by atoms with van der Waals surface area (Å²) in [5.74, 6) is 2.30. The van der Waals surface area contributed by atoms with E-state index in [1.165, 1.54) is 24.8 Å². The molecule has 1 fully saturated rings. The molecule has 0 amide bonds. The van der Waals surface area contributed by atoms with Crippen molar-refractivity contribution in [3.05, 3.63) is 22.2 Å². The Morgan fingerprint density at radius 3 is 2.20 bits per heavy atom. The minimum absolute atomic E-state index is 0.694. The van der Waals surface area contributed by atoms with Crippen LogP contribution in [0.3, 0.4) is 0 Å². The number of ether oxygens (including phenoxy) is 2. The molecule has 0 radical (unpaired) electrons. The van der Waals surface area contributed by atoms with Gasteiger partial charge in [0.1, 0.15) is 0 Å². The Morgan fingerprint density at radius 1 is 1.13 bits per heavy atom. The minimum Gasteiger partial charge on any atom is -0.493 e. The summed E-state index contributed by atoms with van der Waals surface area (Å²) < 4.78 is 11.7. The molecule has 2 nitrogen and oxygen atoms in total. The fourth-order valence-corrected chi connectivity index (χ4v) is 2.55. The third kappa shape index (κ3) is 1.98. The lowest BCUT2D eigenvalue weighted by Crippen LogP contribution is -2.09. The van der Waals surface area contributed by atoms with Gasteiger partial charge in [0, 0.05) is 4.47 Å². The van der Waals surface area contributed by atoms with Crippen LogP contribution in [0, 0.1) is 0 Å². The fourth-order valence-electron chi connectivity index (χ4n) is 1.90. The van der Waals surface area contributed by atoms with Gasteiger partial charge in [0.2, 0.25) is 0 Å². The van der Waals surface area contributed by atoms with E-state index in [4.69, 9.17) is 9.47 Å². The number of benzene rings is 1. The number of rotatable bonds is 3. The zero-order valence-corrected chi connectivity index (χ0v) is 10.6. The maximum absolute atomic E-state index is 5.30. The number of methoxy groups -OCH3 is 2. The lowest BCUT2D eigenvalue weighted by Gasteiger charge is -2.27. The molecule has 0 aliphatic heterocycles. The molecule has 1 saturated carbocycles. The van der Waals surface area contributed by atoms with Crippen LogP contribution in [0.2, 0.25) is 0 Å². The zero-order valence-electron chi connectivity index (χ0n) is 9.05. The molecule has 82 valence electrons. The molecule has 0 bridgehead atoms. The van der Waals surface area contributed by atoms with Gasteiger partial charge < -0.3 is 9.47 Å². The smallest absolute Gasteiger partial charge is 0.161 e. The van der Waals surface area contributed by atoms with Gasteiger partial charge in [-0.1, -0.05) is 22.4 Å². The molecule has 2 rings (SSSR count). The average molecular weight is 271 g/mol. The summed E-state index contributed by atoms with van der Waals surface area (Å²) in [4.78, 5) is 0. The van der Waals surface area contributed by atoms with Crippen LogP contribution in [0.25, 0.3) is 0 Å².